The molecule has 16 heavy (non-hydrogen) atoms. The lowest BCUT2D eigenvalue weighted by Gasteiger charge is -2.06. The predicted molar refractivity (Wildman–Crippen MR) is 65.3 cm³/mol. The molecule has 1 heterocycles. The molecule has 0 bridgehead atoms. The van der Waals surface area contributed by atoms with Crippen molar-refractivity contribution in [3.05, 3.63) is 28.2 Å². The molecule has 0 unspecified atom stereocenters. The summed E-state index contributed by atoms with van der Waals surface area (Å²) in [6.45, 7) is 1.86. The van der Waals surface area contributed by atoms with Gasteiger partial charge in [0.2, 0.25) is 0 Å². The molecule has 0 aliphatic carbocycles. The molecule has 2 N–H and O–H groups in total. The molecule has 84 valence electrons. The quantitative estimate of drug-likeness (QED) is 0.920. The fourth-order valence-electron chi connectivity index (χ4n) is 1.45. The number of methoxy groups -OCH3 is 1. The molecule has 0 aliphatic heterocycles. The van der Waals surface area contributed by atoms with Gasteiger partial charge in [-0.15, -0.1) is 0 Å². The summed E-state index contributed by atoms with van der Waals surface area (Å²) in [7, 11) is 1.61. The van der Waals surface area contributed by atoms with E-state index in [1.165, 1.54) is 0 Å². The second kappa shape index (κ2) is 4.17. The van der Waals surface area contributed by atoms with Gasteiger partial charge in [0, 0.05) is 10.0 Å². The Morgan fingerprint density at radius 3 is 2.75 bits per heavy atom. The van der Waals surface area contributed by atoms with Gasteiger partial charge in [0.1, 0.15) is 5.75 Å². The minimum absolute atomic E-state index is 0.403. The van der Waals surface area contributed by atoms with Gasteiger partial charge in [-0.05, 0) is 25.1 Å². The lowest BCUT2D eigenvalue weighted by Crippen LogP contribution is -1.89. The van der Waals surface area contributed by atoms with Gasteiger partial charge >= 0.3 is 0 Å². The summed E-state index contributed by atoms with van der Waals surface area (Å²) in [6, 6.07) is 5.68. The highest BCUT2D eigenvalue weighted by Crippen LogP contribution is 2.35. The smallest absolute Gasteiger partial charge is 0.175 e. The molecule has 0 fully saturated rings. The first-order chi connectivity index (χ1) is 7.63. The average Bonchev–Trinajstić information content (AvgIpc) is 2.60. The molecule has 0 saturated carbocycles. The van der Waals surface area contributed by atoms with E-state index < -0.39 is 0 Å². The Balaban J connectivity index is 2.59. The van der Waals surface area contributed by atoms with E-state index in [1.807, 2.05) is 25.1 Å². The van der Waals surface area contributed by atoms with E-state index in [4.69, 9.17) is 15.0 Å². The monoisotopic (exact) mass is 282 g/mol. The van der Waals surface area contributed by atoms with Crippen LogP contribution in [0, 0.1) is 6.92 Å². The topological polar surface area (TPSA) is 61.3 Å². The third kappa shape index (κ3) is 1.78. The SMILES string of the molecule is COc1cc(Br)ccc1-c1onc(N)c1C. The molecule has 1 aromatic heterocycles. The fraction of sp³-hybridized carbons (Fsp3) is 0.182. The van der Waals surface area contributed by atoms with Crippen molar-refractivity contribution >= 4 is 21.7 Å². The number of aromatic nitrogens is 1. The van der Waals surface area contributed by atoms with E-state index in [2.05, 4.69) is 21.1 Å². The minimum atomic E-state index is 0.403. The zero-order valence-corrected chi connectivity index (χ0v) is 10.5. The maximum absolute atomic E-state index is 5.64. The summed E-state index contributed by atoms with van der Waals surface area (Å²) in [5, 5.41) is 3.73. The summed E-state index contributed by atoms with van der Waals surface area (Å²) in [5.74, 6) is 1.76. The Labute approximate surface area is 102 Å². The van der Waals surface area contributed by atoms with E-state index in [0.717, 1.165) is 15.6 Å². The van der Waals surface area contributed by atoms with E-state index in [-0.39, 0.29) is 0 Å². The van der Waals surface area contributed by atoms with Gasteiger partial charge in [-0.1, -0.05) is 21.1 Å². The largest absolute Gasteiger partial charge is 0.496 e. The number of anilines is 1. The second-order valence-electron chi connectivity index (χ2n) is 3.37. The van der Waals surface area contributed by atoms with Crippen LogP contribution < -0.4 is 10.5 Å². The van der Waals surface area contributed by atoms with Crippen molar-refractivity contribution < 1.29 is 9.26 Å². The molecule has 0 saturated heterocycles. The van der Waals surface area contributed by atoms with Crippen molar-refractivity contribution in [1.29, 1.82) is 0 Å². The Morgan fingerprint density at radius 1 is 1.44 bits per heavy atom. The Bertz CT molecular complexity index is 523. The molecule has 2 aromatic rings. The van der Waals surface area contributed by atoms with Gasteiger partial charge in [-0.25, -0.2) is 0 Å². The molecule has 1 aromatic carbocycles. The number of nitrogen functional groups attached to an aromatic ring is 1. The fourth-order valence-corrected chi connectivity index (χ4v) is 1.79. The maximum Gasteiger partial charge on any atom is 0.175 e. The van der Waals surface area contributed by atoms with Crippen LogP contribution in [0.25, 0.3) is 11.3 Å². The number of hydrogen-bond acceptors (Lipinski definition) is 4. The summed E-state index contributed by atoms with van der Waals surface area (Å²) in [4.78, 5) is 0. The van der Waals surface area contributed by atoms with Gasteiger partial charge in [-0.2, -0.15) is 0 Å². The van der Waals surface area contributed by atoms with Crippen LogP contribution in [0.2, 0.25) is 0 Å². The van der Waals surface area contributed by atoms with E-state index >= 15 is 0 Å². The van der Waals surface area contributed by atoms with Gasteiger partial charge in [0.05, 0.1) is 12.7 Å². The predicted octanol–water partition coefficient (Wildman–Crippen LogP) is 3.00. The maximum atomic E-state index is 5.64. The number of ether oxygens (including phenoxy) is 1. The Hall–Kier alpha value is -1.49. The van der Waals surface area contributed by atoms with Gasteiger partial charge in [0.25, 0.3) is 0 Å². The third-order valence-corrected chi connectivity index (χ3v) is 2.86. The lowest BCUT2D eigenvalue weighted by atomic mass is 10.1. The summed E-state index contributed by atoms with van der Waals surface area (Å²) in [6.07, 6.45) is 0. The second-order valence-corrected chi connectivity index (χ2v) is 4.28. The van der Waals surface area contributed by atoms with Crippen molar-refractivity contribution in [2.75, 3.05) is 12.8 Å². The molecule has 0 aliphatic rings. The van der Waals surface area contributed by atoms with E-state index in [0.29, 0.717) is 17.3 Å². The van der Waals surface area contributed by atoms with Gasteiger partial charge in [0.15, 0.2) is 11.6 Å². The highest BCUT2D eigenvalue weighted by molar-refractivity contribution is 9.10. The van der Waals surface area contributed by atoms with Crippen LogP contribution in [-0.2, 0) is 0 Å². The van der Waals surface area contributed by atoms with Crippen LogP contribution >= 0.6 is 15.9 Å². The number of rotatable bonds is 2. The summed E-state index contributed by atoms with van der Waals surface area (Å²) in [5.41, 5.74) is 7.30. The van der Waals surface area contributed by atoms with Crippen LogP contribution in [0.4, 0.5) is 5.82 Å². The zero-order valence-electron chi connectivity index (χ0n) is 8.95. The number of nitrogens with two attached hydrogens (primary N) is 1. The van der Waals surface area contributed by atoms with Gasteiger partial charge < -0.3 is 15.0 Å². The highest BCUT2D eigenvalue weighted by atomic mass is 79.9. The normalized spacial score (nSPS) is 10.4. The first-order valence-corrected chi connectivity index (χ1v) is 5.48. The van der Waals surface area contributed by atoms with Crippen molar-refractivity contribution in [2.45, 2.75) is 6.92 Å². The van der Waals surface area contributed by atoms with E-state index in [9.17, 15) is 0 Å². The molecular weight excluding hydrogens is 272 g/mol. The van der Waals surface area contributed by atoms with Crippen molar-refractivity contribution in [3.8, 4) is 17.1 Å². The molecule has 5 heteroatoms. The molecule has 0 spiro atoms. The summed E-state index contributed by atoms with van der Waals surface area (Å²) >= 11 is 3.38. The van der Waals surface area contributed by atoms with Crippen molar-refractivity contribution in [2.24, 2.45) is 0 Å². The zero-order chi connectivity index (χ0) is 11.7. The van der Waals surface area contributed by atoms with Crippen LogP contribution in [0.1, 0.15) is 5.56 Å². The van der Waals surface area contributed by atoms with Crippen LogP contribution in [0.3, 0.4) is 0 Å². The molecule has 0 atom stereocenters. The summed E-state index contributed by atoms with van der Waals surface area (Å²) < 4.78 is 11.4. The molecule has 2 rings (SSSR count). The number of hydrogen-bond donors (Lipinski definition) is 1. The molecule has 4 nitrogen and oxygen atoms in total. The van der Waals surface area contributed by atoms with Crippen LogP contribution in [0.5, 0.6) is 5.75 Å². The van der Waals surface area contributed by atoms with Crippen LogP contribution in [-0.4, -0.2) is 12.3 Å². The molecule has 0 radical (unpaired) electrons. The van der Waals surface area contributed by atoms with E-state index in [1.54, 1.807) is 7.11 Å². The Kier molecular flexibility index (Phi) is 2.87. The highest BCUT2D eigenvalue weighted by Gasteiger charge is 2.15. The number of nitrogens with zero attached hydrogens (tertiary/aromatic N) is 1. The Morgan fingerprint density at radius 2 is 2.19 bits per heavy atom. The van der Waals surface area contributed by atoms with Gasteiger partial charge in [-0.3, -0.25) is 0 Å². The molecular formula is C11H11BrN2O2. The third-order valence-electron chi connectivity index (χ3n) is 2.37. The standard InChI is InChI=1S/C11H11BrN2O2/c1-6-10(16-14-11(6)13)8-4-3-7(12)5-9(8)15-2/h3-5H,1-2H3,(H2,13,14). The van der Waals surface area contributed by atoms with Crippen molar-refractivity contribution in [3.63, 3.8) is 0 Å². The van der Waals surface area contributed by atoms with Crippen molar-refractivity contribution in [1.82, 2.24) is 5.16 Å². The lowest BCUT2D eigenvalue weighted by molar-refractivity contribution is 0.406. The number of halogens is 1. The van der Waals surface area contributed by atoms with Crippen LogP contribution in [0.15, 0.2) is 27.2 Å². The average molecular weight is 283 g/mol. The first-order valence-electron chi connectivity index (χ1n) is 4.69. The number of benzene rings is 1. The minimum Gasteiger partial charge on any atom is -0.496 e. The first kappa shape index (κ1) is 11.0. The molecule has 0 amide bonds.